The standard InChI is InChI=1S/C26H19N3O2/c1-29-16-23(25(30)21-12-6-7-13-24(21)29)26(31)28-27-15-22-19-10-4-2-8-17(19)14-18-9-3-5-11-20(18)22/h2-16H,1H3,(H,28,31). The van der Waals surface area contributed by atoms with Crippen molar-refractivity contribution in [1.82, 2.24) is 9.99 Å². The molecule has 0 unspecified atom stereocenters. The zero-order valence-electron chi connectivity index (χ0n) is 16.9. The number of nitrogens with zero attached hydrogens (tertiary/aromatic N) is 2. The Morgan fingerprint density at radius 1 is 0.871 bits per heavy atom. The number of aromatic nitrogens is 1. The van der Waals surface area contributed by atoms with Gasteiger partial charge in [-0.05, 0) is 39.7 Å². The number of nitrogens with one attached hydrogen (secondary N) is 1. The smallest absolute Gasteiger partial charge is 0.276 e. The highest BCUT2D eigenvalue weighted by Crippen LogP contribution is 2.27. The van der Waals surface area contributed by atoms with E-state index in [0.717, 1.165) is 32.6 Å². The molecule has 0 fully saturated rings. The lowest BCUT2D eigenvalue weighted by atomic mass is 9.97. The number of carbonyl (C=O) groups is 1. The maximum atomic E-state index is 12.8. The summed E-state index contributed by atoms with van der Waals surface area (Å²) in [4.78, 5) is 25.5. The molecule has 0 bridgehead atoms. The first-order valence-corrected chi connectivity index (χ1v) is 9.96. The Hall–Kier alpha value is -4.25. The summed E-state index contributed by atoms with van der Waals surface area (Å²) in [5, 5.41) is 8.97. The van der Waals surface area contributed by atoms with Crippen LogP contribution < -0.4 is 10.9 Å². The molecule has 0 aliphatic heterocycles. The fourth-order valence-corrected chi connectivity index (χ4v) is 4.01. The second kappa shape index (κ2) is 7.54. The monoisotopic (exact) mass is 405 g/mol. The van der Waals surface area contributed by atoms with Gasteiger partial charge in [0.1, 0.15) is 5.56 Å². The van der Waals surface area contributed by atoms with E-state index in [1.165, 1.54) is 0 Å². The first-order chi connectivity index (χ1) is 15.1. The van der Waals surface area contributed by atoms with Gasteiger partial charge in [-0.2, -0.15) is 5.10 Å². The van der Waals surface area contributed by atoms with Gasteiger partial charge in [0.2, 0.25) is 5.43 Å². The Balaban J connectivity index is 1.53. The molecule has 5 heteroatoms. The van der Waals surface area contributed by atoms with E-state index in [2.05, 4.69) is 28.7 Å². The van der Waals surface area contributed by atoms with E-state index in [4.69, 9.17) is 0 Å². The van der Waals surface area contributed by atoms with Crippen LogP contribution in [0.4, 0.5) is 0 Å². The Kier molecular flexibility index (Phi) is 4.56. The summed E-state index contributed by atoms with van der Waals surface area (Å²) in [5.41, 5.74) is 3.97. The second-order valence-corrected chi connectivity index (χ2v) is 7.43. The van der Waals surface area contributed by atoms with Gasteiger partial charge in [-0.15, -0.1) is 0 Å². The molecule has 1 N–H and O–H groups in total. The number of para-hydroxylation sites is 1. The minimum atomic E-state index is -0.535. The molecule has 1 amide bonds. The quantitative estimate of drug-likeness (QED) is 0.271. The molecule has 31 heavy (non-hydrogen) atoms. The van der Waals surface area contributed by atoms with Crippen LogP contribution in [0, 0.1) is 0 Å². The van der Waals surface area contributed by atoms with Gasteiger partial charge in [-0.25, -0.2) is 5.43 Å². The van der Waals surface area contributed by atoms with Crippen LogP contribution in [0.2, 0.25) is 0 Å². The number of hydrogen-bond donors (Lipinski definition) is 1. The Labute approximate surface area is 178 Å². The van der Waals surface area contributed by atoms with E-state index in [1.54, 1.807) is 29.1 Å². The largest absolute Gasteiger partial charge is 0.350 e. The van der Waals surface area contributed by atoms with Gasteiger partial charge in [0, 0.05) is 24.2 Å². The van der Waals surface area contributed by atoms with E-state index in [9.17, 15) is 9.59 Å². The Morgan fingerprint density at radius 3 is 2.13 bits per heavy atom. The number of pyridine rings is 1. The van der Waals surface area contributed by atoms with E-state index in [-0.39, 0.29) is 11.0 Å². The number of amides is 1. The van der Waals surface area contributed by atoms with E-state index in [1.807, 2.05) is 55.6 Å². The molecular weight excluding hydrogens is 386 g/mol. The first kappa shape index (κ1) is 18.8. The molecule has 1 aromatic heterocycles. The van der Waals surface area contributed by atoms with Crippen LogP contribution >= 0.6 is 0 Å². The summed E-state index contributed by atoms with van der Waals surface area (Å²) in [5.74, 6) is -0.535. The highest BCUT2D eigenvalue weighted by atomic mass is 16.2. The van der Waals surface area contributed by atoms with Gasteiger partial charge in [0.15, 0.2) is 0 Å². The van der Waals surface area contributed by atoms with Gasteiger partial charge in [0.25, 0.3) is 5.91 Å². The number of fused-ring (bicyclic) bond motifs is 3. The predicted octanol–water partition coefficient (Wildman–Crippen LogP) is 4.61. The zero-order chi connectivity index (χ0) is 21.4. The van der Waals surface area contributed by atoms with Crippen molar-refractivity contribution in [1.29, 1.82) is 0 Å². The third kappa shape index (κ3) is 3.26. The van der Waals surface area contributed by atoms with Crippen molar-refractivity contribution in [3.63, 3.8) is 0 Å². The molecule has 0 saturated carbocycles. The number of rotatable bonds is 3. The normalized spacial score (nSPS) is 11.5. The molecule has 1 heterocycles. The van der Waals surface area contributed by atoms with E-state index < -0.39 is 5.91 Å². The fourth-order valence-electron chi connectivity index (χ4n) is 4.01. The van der Waals surface area contributed by atoms with Crippen molar-refractivity contribution in [3.05, 3.63) is 106 Å². The van der Waals surface area contributed by atoms with Crippen molar-refractivity contribution in [2.45, 2.75) is 0 Å². The van der Waals surface area contributed by atoms with Crippen LogP contribution in [0.15, 0.2) is 95.0 Å². The highest BCUT2D eigenvalue weighted by molar-refractivity contribution is 6.13. The molecule has 0 spiro atoms. The van der Waals surface area contributed by atoms with Crippen LogP contribution in [0.25, 0.3) is 32.4 Å². The van der Waals surface area contributed by atoms with E-state index in [0.29, 0.717) is 5.39 Å². The summed E-state index contributed by atoms with van der Waals surface area (Å²) in [6.07, 6.45) is 3.19. The van der Waals surface area contributed by atoms with Crippen LogP contribution in [-0.2, 0) is 7.05 Å². The van der Waals surface area contributed by atoms with Crippen LogP contribution in [0.1, 0.15) is 15.9 Å². The summed E-state index contributed by atoms with van der Waals surface area (Å²) < 4.78 is 1.77. The molecule has 0 atom stereocenters. The van der Waals surface area contributed by atoms with Crippen molar-refractivity contribution in [3.8, 4) is 0 Å². The fraction of sp³-hybridized carbons (Fsp3) is 0.0385. The zero-order valence-corrected chi connectivity index (χ0v) is 16.9. The molecule has 5 aromatic rings. The summed E-state index contributed by atoms with van der Waals surface area (Å²) in [6.45, 7) is 0. The maximum absolute atomic E-state index is 12.8. The molecule has 0 aliphatic rings. The third-order valence-electron chi connectivity index (χ3n) is 5.51. The molecule has 0 aliphatic carbocycles. The summed E-state index contributed by atoms with van der Waals surface area (Å²) in [7, 11) is 1.81. The lowest BCUT2D eigenvalue weighted by Gasteiger charge is -2.09. The SMILES string of the molecule is Cn1cc(C(=O)NN=Cc2c3ccccc3cc3ccccc23)c(=O)c2ccccc21. The number of carbonyl (C=O) groups excluding carboxylic acids is 1. The first-order valence-electron chi connectivity index (χ1n) is 9.96. The molecule has 150 valence electrons. The Morgan fingerprint density at radius 2 is 1.45 bits per heavy atom. The molecule has 0 saturated heterocycles. The molecule has 4 aromatic carbocycles. The minimum Gasteiger partial charge on any atom is -0.350 e. The maximum Gasteiger partial charge on any atom is 0.276 e. The van der Waals surface area contributed by atoms with Gasteiger partial charge < -0.3 is 4.57 Å². The summed E-state index contributed by atoms with van der Waals surface area (Å²) >= 11 is 0. The second-order valence-electron chi connectivity index (χ2n) is 7.43. The van der Waals surface area contributed by atoms with Gasteiger partial charge >= 0.3 is 0 Å². The van der Waals surface area contributed by atoms with Crippen LogP contribution in [0.5, 0.6) is 0 Å². The lowest BCUT2D eigenvalue weighted by Crippen LogP contribution is -2.26. The molecule has 0 radical (unpaired) electrons. The number of aryl methyl sites for hydroxylation is 1. The number of hydrogen-bond acceptors (Lipinski definition) is 3. The predicted molar refractivity (Wildman–Crippen MR) is 126 cm³/mol. The van der Waals surface area contributed by atoms with Crippen molar-refractivity contribution < 1.29 is 4.79 Å². The average Bonchev–Trinajstić information content (AvgIpc) is 2.81. The van der Waals surface area contributed by atoms with E-state index >= 15 is 0 Å². The topological polar surface area (TPSA) is 63.5 Å². The van der Waals surface area contributed by atoms with Crippen LogP contribution in [0.3, 0.4) is 0 Å². The van der Waals surface area contributed by atoms with Crippen LogP contribution in [-0.4, -0.2) is 16.7 Å². The molecular formula is C26H19N3O2. The van der Waals surface area contributed by atoms with Crippen molar-refractivity contribution in [2.24, 2.45) is 12.1 Å². The third-order valence-corrected chi connectivity index (χ3v) is 5.51. The molecule has 5 rings (SSSR count). The van der Waals surface area contributed by atoms with Crippen molar-refractivity contribution in [2.75, 3.05) is 0 Å². The van der Waals surface area contributed by atoms with Gasteiger partial charge in [-0.1, -0.05) is 60.7 Å². The van der Waals surface area contributed by atoms with Crippen molar-refractivity contribution >= 4 is 44.6 Å². The molecule has 5 nitrogen and oxygen atoms in total. The summed E-state index contributed by atoms with van der Waals surface area (Å²) in [6, 6.07) is 25.5. The minimum absolute atomic E-state index is 0.0566. The number of benzene rings is 4. The van der Waals surface area contributed by atoms with Gasteiger partial charge in [-0.3, -0.25) is 9.59 Å². The Bertz CT molecular complexity index is 1510. The average molecular weight is 405 g/mol. The highest BCUT2D eigenvalue weighted by Gasteiger charge is 2.14. The van der Waals surface area contributed by atoms with Gasteiger partial charge in [0.05, 0.1) is 11.7 Å². The lowest BCUT2D eigenvalue weighted by molar-refractivity contribution is 0.0953. The number of hydrazone groups is 1.